The lowest BCUT2D eigenvalue weighted by Crippen LogP contribution is -2.29. The van der Waals surface area contributed by atoms with E-state index in [1.54, 1.807) is 6.20 Å². The summed E-state index contributed by atoms with van der Waals surface area (Å²) >= 11 is 0. The molecule has 0 amide bonds. The third-order valence-electron chi connectivity index (χ3n) is 3.65. The van der Waals surface area contributed by atoms with Crippen LogP contribution in [0, 0.1) is 0 Å². The molecule has 2 N–H and O–H groups in total. The summed E-state index contributed by atoms with van der Waals surface area (Å²) in [6.45, 7) is 0. The van der Waals surface area contributed by atoms with E-state index >= 15 is 0 Å². The van der Waals surface area contributed by atoms with Crippen LogP contribution in [0.3, 0.4) is 0 Å². The number of epoxide rings is 1. The highest BCUT2D eigenvalue weighted by Crippen LogP contribution is 2.52. The molecule has 1 fully saturated rings. The van der Waals surface area contributed by atoms with Gasteiger partial charge in [0.1, 0.15) is 24.4 Å². The summed E-state index contributed by atoms with van der Waals surface area (Å²) in [5.41, 5.74) is 2.64. The van der Waals surface area contributed by atoms with Crippen LogP contribution in [0.1, 0.15) is 23.3 Å². The Morgan fingerprint density at radius 2 is 2.06 bits per heavy atom. The molecule has 4 nitrogen and oxygen atoms in total. The minimum absolute atomic E-state index is 0.0868. The first kappa shape index (κ1) is 9.53. The van der Waals surface area contributed by atoms with E-state index in [0.717, 1.165) is 22.0 Å². The zero-order valence-electron chi connectivity index (χ0n) is 8.95. The minimum atomic E-state index is -0.863. The maximum absolute atomic E-state index is 10.0. The van der Waals surface area contributed by atoms with Gasteiger partial charge in [-0.05, 0) is 23.3 Å². The van der Waals surface area contributed by atoms with E-state index in [1.165, 1.54) is 0 Å². The molecule has 1 saturated heterocycles. The van der Waals surface area contributed by atoms with Gasteiger partial charge < -0.3 is 14.9 Å². The number of rotatable bonds is 0. The molecule has 1 aliphatic heterocycles. The van der Waals surface area contributed by atoms with Crippen molar-refractivity contribution in [2.45, 2.75) is 24.4 Å². The van der Waals surface area contributed by atoms with Gasteiger partial charge in [0, 0.05) is 11.6 Å². The second-order valence-electron chi connectivity index (χ2n) is 4.60. The molecule has 86 valence electrons. The fraction of sp³-hybridized carbons (Fsp3) is 0.308. The molecule has 0 radical (unpaired) electrons. The monoisotopic (exact) mass is 229 g/mol. The minimum Gasteiger partial charge on any atom is -0.387 e. The van der Waals surface area contributed by atoms with E-state index in [4.69, 9.17) is 4.74 Å². The summed E-state index contributed by atoms with van der Waals surface area (Å²) < 4.78 is 5.46. The first-order chi connectivity index (χ1) is 8.27. The molecule has 2 aromatic rings. The van der Waals surface area contributed by atoms with Gasteiger partial charge in [0.25, 0.3) is 0 Å². The van der Waals surface area contributed by atoms with Crippen LogP contribution in [0.4, 0.5) is 0 Å². The Labute approximate surface area is 97.5 Å². The quantitative estimate of drug-likeness (QED) is 0.663. The maximum Gasteiger partial charge on any atom is 0.118 e. The van der Waals surface area contributed by atoms with Crippen LogP contribution in [0.2, 0.25) is 0 Å². The Morgan fingerprint density at radius 3 is 2.94 bits per heavy atom. The van der Waals surface area contributed by atoms with Gasteiger partial charge in [-0.15, -0.1) is 0 Å². The van der Waals surface area contributed by atoms with Gasteiger partial charge in [0.15, 0.2) is 0 Å². The summed E-state index contributed by atoms with van der Waals surface area (Å²) in [6.07, 6.45) is -0.284. The molecule has 4 atom stereocenters. The number of ether oxygens (including phenoxy) is 1. The van der Waals surface area contributed by atoms with Crippen LogP contribution in [-0.2, 0) is 4.74 Å². The average Bonchev–Trinajstić information content (AvgIpc) is 3.15. The summed E-state index contributed by atoms with van der Waals surface area (Å²) in [6, 6.07) is 7.55. The Balaban J connectivity index is 2.05. The van der Waals surface area contributed by atoms with E-state index in [2.05, 4.69) is 4.98 Å². The summed E-state index contributed by atoms with van der Waals surface area (Å²) in [7, 11) is 0. The number of nitrogens with zero attached hydrogens (tertiary/aromatic N) is 1. The third kappa shape index (κ3) is 1.15. The highest BCUT2D eigenvalue weighted by Gasteiger charge is 2.54. The standard InChI is InChI=1S/C13H11NO3/c15-10-7-3-4-8-6(2-1-5-14-8)9(7)12-13(17-12)11(10)16/h1-5,10-13,15-16H/t10-,11+,12+,13-/m0/s1. The number of benzene rings is 1. The van der Waals surface area contributed by atoms with Crippen LogP contribution >= 0.6 is 0 Å². The molecular weight excluding hydrogens is 218 g/mol. The van der Waals surface area contributed by atoms with Crippen molar-refractivity contribution in [2.24, 2.45) is 0 Å². The normalized spacial score (nSPS) is 34.2. The molecule has 2 heterocycles. The Bertz CT molecular complexity index is 613. The summed E-state index contributed by atoms with van der Waals surface area (Å²) in [5.74, 6) is 0. The number of pyridine rings is 1. The lowest BCUT2D eigenvalue weighted by atomic mass is 9.85. The van der Waals surface area contributed by atoms with E-state index < -0.39 is 12.2 Å². The molecule has 1 aromatic carbocycles. The molecule has 4 rings (SSSR count). The molecule has 0 unspecified atom stereocenters. The van der Waals surface area contributed by atoms with Crippen LogP contribution in [0.15, 0.2) is 30.5 Å². The van der Waals surface area contributed by atoms with Crippen molar-refractivity contribution in [1.82, 2.24) is 4.98 Å². The van der Waals surface area contributed by atoms with Crippen LogP contribution in [0.5, 0.6) is 0 Å². The smallest absolute Gasteiger partial charge is 0.118 e. The van der Waals surface area contributed by atoms with Gasteiger partial charge in [-0.25, -0.2) is 0 Å². The summed E-state index contributed by atoms with van der Waals surface area (Å²) in [5, 5.41) is 20.9. The fourth-order valence-electron chi connectivity index (χ4n) is 2.75. The third-order valence-corrected chi connectivity index (χ3v) is 3.65. The van der Waals surface area contributed by atoms with Gasteiger partial charge in [-0.2, -0.15) is 0 Å². The lowest BCUT2D eigenvalue weighted by molar-refractivity contribution is 0.000103. The van der Waals surface area contributed by atoms with E-state index in [-0.39, 0.29) is 12.2 Å². The van der Waals surface area contributed by atoms with Crippen LogP contribution in [-0.4, -0.2) is 27.4 Å². The molecule has 0 saturated carbocycles. The fourth-order valence-corrected chi connectivity index (χ4v) is 2.75. The lowest BCUT2D eigenvalue weighted by Gasteiger charge is -2.24. The Hall–Kier alpha value is -1.49. The van der Waals surface area contributed by atoms with Crippen LogP contribution in [0.25, 0.3) is 10.9 Å². The number of fused-ring (bicyclic) bond motifs is 5. The number of hydrogen-bond acceptors (Lipinski definition) is 4. The first-order valence-electron chi connectivity index (χ1n) is 5.66. The topological polar surface area (TPSA) is 65.9 Å². The van der Waals surface area contributed by atoms with Crippen LogP contribution < -0.4 is 0 Å². The zero-order valence-corrected chi connectivity index (χ0v) is 8.95. The second-order valence-corrected chi connectivity index (χ2v) is 4.60. The van der Waals surface area contributed by atoms with Crippen molar-refractivity contribution < 1.29 is 14.9 Å². The van der Waals surface area contributed by atoms with Gasteiger partial charge >= 0.3 is 0 Å². The first-order valence-corrected chi connectivity index (χ1v) is 5.66. The van der Waals surface area contributed by atoms with Gasteiger partial charge in [0.05, 0.1) is 5.52 Å². The molecule has 1 aliphatic carbocycles. The molecule has 0 spiro atoms. The van der Waals surface area contributed by atoms with Crippen molar-refractivity contribution in [3.05, 3.63) is 41.6 Å². The largest absolute Gasteiger partial charge is 0.387 e. The van der Waals surface area contributed by atoms with Gasteiger partial charge in [-0.1, -0.05) is 12.1 Å². The van der Waals surface area contributed by atoms with Crippen molar-refractivity contribution in [3.8, 4) is 0 Å². The van der Waals surface area contributed by atoms with E-state index in [1.807, 2.05) is 24.3 Å². The number of aliphatic hydroxyl groups excluding tert-OH is 2. The van der Waals surface area contributed by atoms with Crippen molar-refractivity contribution >= 4 is 10.9 Å². The SMILES string of the molecule is O[C@H]1[C@@H]2O[C@@H]2c2c(ccc3ncccc23)[C@@H]1O. The Kier molecular flexibility index (Phi) is 1.71. The molecule has 4 heteroatoms. The summed E-state index contributed by atoms with van der Waals surface area (Å²) in [4.78, 5) is 4.29. The van der Waals surface area contributed by atoms with E-state index in [0.29, 0.717) is 0 Å². The van der Waals surface area contributed by atoms with Crippen molar-refractivity contribution in [2.75, 3.05) is 0 Å². The van der Waals surface area contributed by atoms with E-state index in [9.17, 15) is 10.2 Å². The number of aromatic nitrogens is 1. The van der Waals surface area contributed by atoms with Gasteiger partial charge in [0.2, 0.25) is 0 Å². The van der Waals surface area contributed by atoms with Crippen molar-refractivity contribution in [3.63, 3.8) is 0 Å². The zero-order chi connectivity index (χ0) is 11.6. The maximum atomic E-state index is 10.0. The highest BCUT2D eigenvalue weighted by atomic mass is 16.6. The predicted octanol–water partition coefficient (Wildman–Crippen LogP) is 1.08. The average molecular weight is 229 g/mol. The van der Waals surface area contributed by atoms with Crippen molar-refractivity contribution in [1.29, 1.82) is 0 Å². The highest BCUT2D eigenvalue weighted by molar-refractivity contribution is 5.84. The van der Waals surface area contributed by atoms with Gasteiger partial charge in [-0.3, -0.25) is 4.98 Å². The predicted molar refractivity (Wildman–Crippen MR) is 60.3 cm³/mol. The number of aliphatic hydroxyl groups is 2. The molecule has 0 bridgehead atoms. The molecule has 1 aromatic heterocycles. The molecule has 2 aliphatic rings. The molecule has 17 heavy (non-hydrogen) atoms. The number of hydrogen-bond donors (Lipinski definition) is 2. The Morgan fingerprint density at radius 1 is 1.18 bits per heavy atom. The molecular formula is C13H11NO3. The second kappa shape index (κ2) is 3.04.